The molecule has 32 heavy (non-hydrogen) atoms. The van der Waals surface area contributed by atoms with E-state index in [2.05, 4.69) is 34.2 Å². The summed E-state index contributed by atoms with van der Waals surface area (Å²) in [6.07, 6.45) is 1.65. The quantitative estimate of drug-likeness (QED) is 0.353. The number of benzene rings is 2. The highest BCUT2D eigenvalue weighted by Crippen LogP contribution is 2.27. The molecule has 2 aromatic heterocycles. The van der Waals surface area contributed by atoms with E-state index in [1.165, 1.54) is 16.3 Å². The van der Waals surface area contributed by atoms with Crippen molar-refractivity contribution < 1.29 is 4.79 Å². The number of carbonyl (C=O) groups excluding carboxylic acids is 1. The number of aryl methyl sites for hydroxylation is 3. The maximum absolute atomic E-state index is 13.0. The number of carbonyl (C=O) groups is 1. The number of hydrogen-bond acceptors (Lipinski definition) is 5. The van der Waals surface area contributed by atoms with Crippen LogP contribution in [0, 0.1) is 20.8 Å². The molecule has 1 unspecified atom stereocenters. The third kappa shape index (κ3) is 3.82. The van der Waals surface area contributed by atoms with Gasteiger partial charge in [0.05, 0.1) is 16.2 Å². The van der Waals surface area contributed by atoms with Crippen LogP contribution in [-0.4, -0.2) is 30.3 Å². The fourth-order valence-electron chi connectivity index (χ4n) is 3.92. The molecule has 1 atom stereocenters. The van der Waals surface area contributed by atoms with E-state index < -0.39 is 5.25 Å². The normalized spacial score (nSPS) is 12.2. The van der Waals surface area contributed by atoms with Crippen LogP contribution in [0.4, 0.5) is 5.69 Å². The van der Waals surface area contributed by atoms with Gasteiger partial charge in [0.1, 0.15) is 0 Å². The van der Waals surface area contributed by atoms with Gasteiger partial charge >= 0.3 is 0 Å². The fraction of sp³-hybridized carbons (Fsp3) is 0.250. The minimum atomic E-state index is -0.430. The van der Waals surface area contributed by atoms with Crippen molar-refractivity contribution in [3.63, 3.8) is 0 Å². The third-order valence-corrected chi connectivity index (χ3v) is 6.41. The molecule has 1 amide bonds. The SMILES string of the molecule is C=CCn1c(=O)c2ccccc2n2c(SC(C)C(=O)Nc3c(C)cc(C)cc3C)nnc12. The maximum Gasteiger partial charge on any atom is 0.263 e. The number of rotatable bonds is 6. The van der Waals surface area contributed by atoms with Crippen molar-refractivity contribution in [3.05, 3.63) is 76.1 Å². The van der Waals surface area contributed by atoms with E-state index >= 15 is 0 Å². The average molecular weight is 448 g/mol. The molecule has 0 spiro atoms. The minimum Gasteiger partial charge on any atom is -0.325 e. The standard InChI is InChI=1S/C24H25N5O2S/c1-6-11-28-22(31)18-9-7-8-10-19(18)29-23(28)26-27-24(29)32-17(5)21(30)25-20-15(3)12-14(2)13-16(20)4/h6-10,12-13,17H,1,11H2,2-5H3,(H,25,30). The summed E-state index contributed by atoms with van der Waals surface area (Å²) in [6.45, 7) is 11.9. The van der Waals surface area contributed by atoms with Crippen molar-refractivity contribution in [2.45, 2.75) is 44.6 Å². The monoisotopic (exact) mass is 447 g/mol. The van der Waals surface area contributed by atoms with Crippen LogP contribution < -0.4 is 10.9 Å². The van der Waals surface area contributed by atoms with Crippen molar-refractivity contribution >= 4 is 40.0 Å². The number of fused-ring (bicyclic) bond motifs is 3. The second-order valence-electron chi connectivity index (χ2n) is 7.86. The van der Waals surface area contributed by atoms with Crippen molar-refractivity contribution in [1.29, 1.82) is 0 Å². The van der Waals surface area contributed by atoms with Crippen LogP contribution in [0.5, 0.6) is 0 Å². The lowest BCUT2D eigenvalue weighted by Gasteiger charge is -2.16. The number of anilines is 1. The van der Waals surface area contributed by atoms with Gasteiger partial charge in [0.2, 0.25) is 11.7 Å². The van der Waals surface area contributed by atoms with Crippen LogP contribution in [0.3, 0.4) is 0 Å². The van der Waals surface area contributed by atoms with E-state index in [4.69, 9.17) is 0 Å². The first-order chi connectivity index (χ1) is 15.3. The molecule has 164 valence electrons. The van der Waals surface area contributed by atoms with Crippen molar-refractivity contribution in [3.8, 4) is 0 Å². The van der Waals surface area contributed by atoms with E-state index in [-0.39, 0.29) is 11.5 Å². The van der Waals surface area contributed by atoms with Gasteiger partial charge in [0.25, 0.3) is 5.56 Å². The van der Waals surface area contributed by atoms with Gasteiger partial charge in [-0.3, -0.25) is 18.6 Å². The Kier molecular flexibility index (Phi) is 5.88. The number of nitrogens with one attached hydrogen (secondary N) is 1. The lowest BCUT2D eigenvalue weighted by molar-refractivity contribution is -0.115. The minimum absolute atomic E-state index is 0.120. The Morgan fingerprint density at radius 3 is 2.56 bits per heavy atom. The Morgan fingerprint density at radius 1 is 1.19 bits per heavy atom. The van der Waals surface area contributed by atoms with E-state index in [9.17, 15) is 9.59 Å². The van der Waals surface area contributed by atoms with E-state index in [1.807, 2.05) is 50.3 Å². The molecule has 2 aromatic carbocycles. The van der Waals surface area contributed by atoms with Crippen molar-refractivity contribution in [2.75, 3.05) is 5.32 Å². The van der Waals surface area contributed by atoms with Gasteiger partial charge in [-0.2, -0.15) is 0 Å². The van der Waals surface area contributed by atoms with Crippen LogP contribution >= 0.6 is 11.8 Å². The summed E-state index contributed by atoms with van der Waals surface area (Å²) < 4.78 is 3.37. The van der Waals surface area contributed by atoms with Crippen LogP contribution in [0.1, 0.15) is 23.6 Å². The number of nitrogens with zero attached hydrogens (tertiary/aromatic N) is 4. The van der Waals surface area contributed by atoms with Gasteiger partial charge in [0, 0.05) is 12.2 Å². The second kappa shape index (κ2) is 8.63. The molecule has 0 aliphatic heterocycles. The molecular weight excluding hydrogens is 422 g/mol. The predicted octanol–water partition coefficient (Wildman–Crippen LogP) is 4.27. The highest BCUT2D eigenvalue weighted by Gasteiger charge is 2.22. The third-order valence-electron chi connectivity index (χ3n) is 5.37. The summed E-state index contributed by atoms with van der Waals surface area (Å²) in [5.74, 6) is 0.305. The van der Waals surface area contributed by atoms with Crippen LogP contribution in [0.15, 0.2) is 59.0 Å². The molecule has 2 heterocycles. The molecular formula is C24H25N5O2S. The molecule has 0 aliphatic carbocycles. The topological polar surface area (TPSA) is 81.3 Å². The summed E-state index contributed by atoms with van der Waals surface area (Å²) in [4.78, 5) is 25.9. The highest BCUT2D eigenvalue weighted by atomic mass is 32.2. The number of allylic oxidation sites excluding steroid dienone is 1. The number of aromatic nitrogens is 4. The smallest absolute Gasteiger partial charge is 0.263 e. The van der Waals surface area contributed by atoms with E-state index in [0.717, 1.165) is 22.4 Å². The zero-order chi connectivity index (χ0) is 23.0. The van der Waals surface area contributed by atoms with Crippen LogP contribution in [0.2, 0.25) is 0 Å². The van der Waals surface area contributed by atoms with Gasteiger partial charge in [-0.25, -0.2) is 0 Å². The van der Waals surface area contributed by atoms with Crippen LogP contribution in [-0.2, 0) is 11.3 Å². The van der Waals surface area contributed by atoms with Gasteiger partial charge in [-0.15, -0.1) is 16.8 Å². The lowest BCUT2D eigenvalue weighted by Crippen LogP contribution is -2.24. The first-order valence-corrected chi connectivity index (χ1v) is 11.2. The molecule has 7 nitrogen and oxygen atoms in total. The predicted molar refractivity (Wildman–Crippen MR) is 130 cm³/mol. The molecule has 0 bridgehead atoms. The number of hydrogen-bond donors (Lipinski definition) is 1. The van der Waals surface area contributed by atoms with E-state index in [1.54, 1.807) is 12.1 Å². The molecule has 1 N–H and O–H groups in total. The zero-order valence-corrected chi connectivity index (χ0v) is 19.4. The van der Waals surface area contributed by atoms with Gasteiger partial charge < -0.3 is 5.32 Å². The summed E-state index contributed by atoms with van der Waals surface area (Å²) in [5.41, 5.74) is 4.62. The molecule has 8 heteroatoms. The van der Waals surface area contributed by atoms with Crippen molar-refractivity contribution in [1.82, 2.24) is 19.2 Å². The van der Waals surface area contributed by atoms with E-state index in [0.29, 0.717) is 28.4 Å². The Hall–Kier alpha value is -3.39. The Labute approximate surface area is 190 Å². The molecule has 0 saturated carbocycles. The summed E-state index contributed by atoms with van der Waals surface area (Å²) in [5, 5.41) is 12.3. The Morgan fingerprint density at radius 2 is 1.88 bits per heavy atom. The Balaban J connectivity index is 1.71. The number of para-hydroxylation sites is 1. The van der Waals surface area contributed by atoms with Gasteiger partial charge in [-0.05, 0) is 51.0 Å². The molecule has 0 radical (unpaired) electrons. The van der Waals surface area contributed by atoms with Gasteiger partial charge in [0.15, 0.2) is 5.16 Å². The molecule has 0 saturated heterocycles. The number of amides is 1. The maximum atomic E-state index is 13.0. The van der Waals surface area contributed by atoms with Crippen molar-refractivity contribution in [2.24, 2.45) is 0 Å². The zero-order valence-electron chi connectivity index (χ0n) is 18.5. The second-order valence-corrected chi connectivity index (χ2v) is 9.17. The molecule has 0 aliphatic rings. The Bertz CT molecular complexity index is 1400. The summed E-state index contributed by atoms with van der Waals surface area (Å²) in [6, 6.07) is 11.4. The fourth-order valence-corrected chi connectivity index (χ4v) is 4.77. The lowest BCUT2D eigenvalue weighted by atomic mass is 10.1. The number of thioether (sulfide) groups is 1. The average Bonchev–Trinajstić information content (AvgIpc) is 3.17. The summed E-state index contributed by atoms with van der Waals surface area (Å²) in [7, 11) is 0. The molecule has 4 aromatic rings. The highest BCUT2D eigenvalue weighted by molar-refractivity contribution is 8.00. The van der Waals surface area contributed by atoms with Gasteiger partial charge in [-0.1, -0.05) is 47.7 Å². The van der Waals surface area contributed by atoms with Crippen LogP contribution in [0.25, 0.3) is 16.7 Å². The molecule has 4 rings (SSSR count). The largest absolute Gasteiger partial charge is 0.325 e. The summed E-state index contributed by atoms with van der Waals surface area (Å²) >= 11 is 1.31. The first-order valence-electron chi connectivity index (χ1n) is 10.3. The first kappa shape index (κ1) is 21.8. The molecule has 0 fully saturated rings.